The monoisotopic (exact) mass is 662 g/mol. The van der Waals surface area contributed by atoms with Crippen molar-refractivity contribution in [2.45, 2.75) is 90.6 Å². The minimum atomic E-state index is -4.79. The van der Waals surface area contributed by atoms with E-state index >= 15 is 0 Å². The molecule has 1 atom stereocenters. The molecule has 0 saturated heterocycles. The third-order valence-electron chi connectivity index (χ3n) is 5.44. The van der Waals surface area contributed by atoms with Gasteiger partial charge < -0.3 is 26.6 Å². The van der Waals surface area contributed by atoms with Gasteiger partial charge >= 0.3 is 29.5 Å². The summed E-state index contributed by atoms with van der Waals surface area (Å²) >= 11 is 0. The topological polar surface area (TPSA) is 72.5 Å². The van der Waals surface area contributed by atoms with Crippen LogP contribution in [-0.2, 0) is 12.3 Å². The van der Waals surface area contributed by atoms with Gasteiger partial charge in [-0.25, -0.2) is 4.79 Å². The van der Waals surface area contributed by atoms with E-state index < -0.39 is 51.8 Å². The Kier molecular flexibility index (Phi) is 12.7. The summed E-state index contributed by atoms with van der Waals surface area (Å²) in [4.78, 5) is 12.4. The van der Waals surface area contributed by atoms with Gasteiger partial charge in [0.15, 0.2) is 16.6 Å². The Hall–Kier alpha value is -1.95. The van der Waals surface area contributed by atoms with Crippen LogP contribution in [-0.4, -0.2) is 52.7 Å². The van der Waals surface area contributed by atoms with Crippen LogP contribution in [0.25, 0.3) is 0 Å². The average molecular weight is 663 g/mol. The number of rotatable bonds is 16. The summed E-state index contributed by atoms with van der Waals surface area (Å²) in [5, 5.41) is 0. The predicted molar refractivity (Wildman–Crippen MR) is 168 cm³/mol. The Morgan fingerprint density at radius 3 is 1.71 bits per heavy atom. The third kappa shape index (κ3) is 15.0. The molecule has 0 aromatic heterocycles. The smallest absolute Gasteiger partial charge is 0.494 e. The lowest BCUT2D eigenvalue weighted by Crippen LogP contribution is -2.56. The summed E-state index contributed by atoms with van der Waals surface area (Å²) in [5.41, 5.74) is 0.286. The summed E-state index contributed by atoms with van der Waals surface area (Å²) < 4.78 is 71.6. The fourth-order valence-corrected chi connectivity index (χ4v) is 22.6. The highest BCUT2D eigenvalue weighted by molar-refractivity contribution is 6.89. The molecule has 0 heterocycles. The number of ether oxygens (including phenoxy) is 3. The van der Waals surface area contributed by atoms with E-state index in [0.717, 1.165) is 37.4 Å². The van der Waals surface area contributed by atoms with E-state index in [2.05, 4.69) is 63.7 Å². The molecule has 0 bridgehead atoms. The van der Waals surface area contributed by atoms with E-state index in [9.17, 15) is 18.0 Å². The number of hydrogen-bond donors (Lipinski definition) is 0. The largest absolute Gasteiger partial charge is 0.573 e. The van der Waals surface area contributed by atoms with E-state index in [4.69, 9.17) is 21.8 Å². The number of halogens is 3. The van der Waals surface area contributed by atoms with Gasteiger partial charge in [0, 0.05) is 0 Å². The van der Waals surface area contributed by atoms with Crippen LogP contribution in [0.15, 0.2) is 48.5 Å². The van der Waals surface area contributed by atoms with E-state index in [1.165, 1.54) is 12.1 Å². The van der Waals surface area contributed by atoms with Gasteiger partial charge in [-0.2, -0.15) is 0 Å². The van der Waals surface area contributed by atoms with Crippen molar-refractivity contribution in [2.75, 3.05) is 6.61 Å². The number of alkyl halides is 3. The van der Waals surface area contributed by atoms with Crippen molar-refractivity contribution < 1.29 is 44.5 Å². The second-order valence-corrected chi connectivity index (χ2v) is 29.1. The van der Waals surface area contributed by atoms with Crippen LogP contribution < -0.4 is 14.2 Å². The molecule has 42 heavy (non-hydrogen) atoms. The van der Waals surface area contributed by atoms with Gasteiger partial charge in [0.2, 0.25) is 0 Å². The molecule has 0 aliphatic carbocycles. The summed E-state index contributed by atoms with van der Waals surface area (Å²) in [5.74, 6) is -0.307. The summed E-state index contributed by atoms with van der Waals surface area (Å²) in [6.07, 6.45) is -1.98. The second-order valence-electron chi connectivity index (χ2n) is 12.7. The van der Waals surface area contributed by atoms with Crippen molar-refractivity contribution in [3.8, 4) is 17.2 Å². The first-order valence-corrected chi connectivity index (χ1v) is 26.2. The van der Waals surface area contributed by atoms with Gasteiger partial charge in [-0.1, -0.05) is 12.8 Å². The molecule has 2 aromatic carbocycles. The summed E-state index contributed by atoms with van der Waals surface area (Å²) in [6, 6.07) is 12.0. The maximum absolute atomic E-state index is 12.4. The fraction of sp³-hybridized carbons (Fsp3) is 0.536. The van der Waals surface area contributed by atoms with Crippen molar-refractivity contribution in [2.24, 2.45) is 0 Å². The molecule has 0 radical (unpaired) electrons. The Bertz CT molecular complexity index is 1130. The van der Waals surface area contributed by atoms with Gasteiger partial charge in [0.25, 0.3) is 0 Å². The lowest BCUT2D eigenvalue weighted by atomic mass is 10.2. The molecular formula is C28H45F3O7Si4. The highest BCUT2D eigenvalue weighted by Gasteiger charge is 2.44. The molecule has 2 rings (SSSR count). The van der Waals surface area contributed by atoms with Crippen LogP contribution in [0.4, 0.5) is 13.2 Å². The summed E-state index contributed by atoms with van der Waals surface area (Å²) in [7, 11) is -8.27. The zero-order valence-corrected chi connectivity index (χ0v) is 30.1. The summed E-state index contributed by atoms with van der Waals surface area (Å²) in [6.45, 7) is 20.1. The molecule has 0 aliphatic rings. The zero-order valence-electron chi connectivity index (χ0n) is 26.1. The number of unbranched alkanes of at least 4 members (excludes halogenated alkanes) is 2. The Balaban J connectivity index is 1.80. The standard InChI is InChI=1S/C28H45F3O7Si4/c1-39(2,3)36-41(7,8)38-42(9,37-40(4,5)6)22-12-10-11-21-33-24-15-13-23(14-16-24)27(32)34-25-17-19-26(20-18-25)35-28(29,30)31/h13-20H,10-12,21-22H2,1-9H3. The van der Waals surface area contributed by atoms with E-state index in [-0.39, 0.29) is 11.3 Å². The molecule has 7 nitrogen and oxygen atoms in total. The van der Waals surface area contributed by atoms with Gasteiger partial charge in [0.1, 0.15) is 17.2 Å². The fourth-order valence-electron chi connectivity index (χ4n) is 4.53. The average Bonchev–Trinajstić information content (AvgIpc) is 2.78. The molecular weight excluding hydrogens is 618 g/mol. The van der Waals surface area contributed by atoms with Gasteiger partial charge in [-0.05, 0) is 120 Å². The zero-order chi connectivity index (χ0) is 31.8. The normalized spacial score (nSPS) is 14.3. The van der Waals surface area contributed by atoms with Crippen molar-refractivity contribution in [3.05, 3.63) is 54.1 Å². The van der Waals surface area contributed by atoms with Crippen LogP contribution >= 0.6 is 0 Å². The minimum Gasteiger partial charge on any atom is -0.494 e. The molecule has 0 aliphatic heterocycles. The van der Waals surface area contributed by atoms with Crippen molar-refractivity contribution in [1.82, 2.24) is 0 Å². The number of carbonyl (C=O) groups is 1. The highest BCUT2D eigenvalue weighted by Crippen LogP contribution is 2.29. The van der Waals surface area contributed by atoms with Crippen molar-refractivity contribution in [1.29, 1.82) is 0 Å². The first-order valence-electron chi connectivity index (χ1n) is 14.1. The van der Waals surface area contributed by atoms with Gasteiger partial charge in [-0.15, -0.1) is 13.2 Å². The van der Waals surface area contributed by atoms with E-state index in [1.54, 1.807) is 24.3 Å². The number of hydrogen-bond acceptors (Lipinski definition) is 7. The van der Waals surface area contributed by atoms with Gasteiger partial charge in [-0.3, -0.25) is 0 Å². The molecule has 2 aromatic rings. The quantitative estimate of drug-likeness (QED) is 0.0770. The van der Waals surface area contributed by atoms with Crippen molar-refractivity contribution in [3.63, 3.8) is 0 Å². The maximum Gasteiger partial charge on any atom is 0.573 e. The van der Waals surface area contributed by atoms with Crippen LogP contribution in [0, 0.1) is 0 Å². The molecule has 1 unspecified atom stereocenters. The molecule has 14 heteroatoms. The molecule has 0 amide bonds. The Morgan fingerprint density at radius 1 is 0.667 bits per heavy atom. The SMILES string of the molecule is C[Si](C)(C)O[Si](C)(C)O[Si](C)(CCCCCOc1ccc(C(=O)Oc2ccc(OC(F)(F)F)cc2)cc1)O[Si](C)(C)C. The second kappa shape index (κ2) is 14.7. The first-order chi connectivity index (χ1) is 19.1. The van der Waals surface area contributed by atoms with Crippen molar-refractivity contribution >= 4 is 39.7 Å². The Labute approximate surface area is 252 Å². The minimum absolute atomic E-state index is 0.101. The van der Waals surface area contributed by atoms with E-state index in [0.29, 0.717) is 12.4 Å². The number of carbonyl (C=O) groups excluding carboxylic acids is 1. The molecule has 0 fully saturated rings. The van der Waals surface area contributed by atoms with E-state index in [1.807, 2.05) is 0 Å². The number of esters is 1. The molecule has 0 saturated carbocycles. The molecule has 0 spiro atoms. The predicted octanol–water partition coefficient (Wildman–Crippen LogP) is 8.85. The van der Waals surface area contributed by atoms with Gasteiger partial charge in [0.05, 0.1) is 12.2 Å². The van der Waals surface area contributed by atoms with Crippen LogP contribution in [0.5, 0.6) is 17.2 Å². The maximum atomic E-state index is 12.4. The molecule has 236 valence electrons. The third-order valence-corrected chi connectivity index (χ3v) is 19.0. The first kappa shape index (κ1) is 36.2. The van der Waals surface area contributed by atoms with Crippen LogP contribution in [0.3, 0.4) is 0 Å². The van der Waals surface area contributed by atoms with Crippen LogP contribution in [0.1, 0.15) is 29.6 Å². The Morgan fingerprint density at radius 2 is 1.19 bits per heavy atom. The van der Waals surface area contributed by atoms with Crippen LogP contribution in [0.2, 0.25) is 65.0 Å². The lowest BCUT2D eigenvalue weighted by molar-refractivity contribution is -0.274. The number of benzene rings is 2. The lowest BCUT2D eigenvalue weighted by Gasteiger charge is -2.41. The molecule has 0 N–H and O–H groups in total. The highest BCUT2D eigenvalue weighted by atomic mass is 28.5.